The third-order valence-corrected chi connectivity index (χ3v) is 3.81. The molecule has 1 saturated carbocycles. The fourth-order valence-electron chi connectivity index (χ4n) is 2.55. The maximum atomic E-state index is 13.5. The average Bonchev–Trinajstić information content (AvgIpc) is 3.32. The van der Waals surface area contributed by atoms with Crippen molar-refractivity contribution in [3.8, 4) is 0 Å². The molecule has 1 aliphatic carbocycles. The van der Waals surface area contributed by atoms with E-state index in [0.717, 1.165) is 24.5 Å². The van der Waals surface area contributed by atoms with Gasteiger partial charge in [0.05, 0.1) is 4.92 Å². The van der Waals surface area contributed by atoms with Crippen LogP contribution >= 0.6 is 0 Å². The van der Waals surface area contributed by atoms with Crippen LogP contribution in [0.1, 0.15) is 24.0 Å². The van der Waals surface area contributed by atoms with Crippen LogP contribution in [-0.2, 0) is 13.1 Å². The lowest BCUT2D eigenvalue weighted by Crippen LogP contribution is -2.25. The Balaban J connectivity index is 1.82. The van der Waals surface area contributed by atoms with Crippen LogP contribution in [0.25, 0.3) is 0 Å². The van der Waals surface area contributed by atoms with Crippen LogP contribution in [0.3, 0.4) is 0 Å². The quantitative estimate of drug-likeness (QED) is 0.607. The number of rotatable bonds is 6. The van der Waals surface area contributed by atoms with Gasteiger partial charge in [0, 0.05) is 43.2 Å². The van der Waals surface area contributed by atoms with Crippen molar-refractivity contribution in [1.82, 2.24) is 9.88 Å². The second kappa shape index (κ2) is 6.19. The van der Waals surface area contributed by atoms with Crippen molar-refractivity contribution in [3.05, 3.63) is 69.8 Å². The molecule has 0 saturated heterocycles. The summed E-state index contributed by atoms with van der Waals surface area (Å²) in [7, 11) is 0. The summed E-state index contributed by atoms with van der Waals surface area (Å²) in [6.07, 6.45) is 5.61. The standard InChI is InChI=1S/C16H16FN3O2/c17-14-1-4-16(20(21)22)13(9-14)11-19(15-2-3-15)10-12-5-7-18-8-6-12/h1,4-9,15H,2-3,10-11H2. The summed E-state index contributed by atoms with van der Waals surface area (Å²) < 4.78 is 13.5. The van der Waals surface area contributed by atoms with Crippen molar-refractivity contribution in [1.29, 1.82) is 0 Å². The van der Waals surface area contributed by atoms with E-state index < -0.39 is 10.7 Å². The van der Waals surface area contributed by atoms with Crippen molar-refractivity contribution >= 4 is 5.69 Å². The highest BCUT2D eigenvalue weighted by Crippen LogP contribution is 2.31. The molecule has 114 valence electrons. The SMILES string of the molecule is O=[N+]([O-])c1ccc(F)cc1CN(Cc1ccncc1)C1CC1. The average molecular weight is 301 g/mol. The van der Waals surface area contributed by atoms with Gasteiger partial charge >= 0.3 is 0 Å². The number of nitro groups is 1. The first kappa shape index (κ1) is 14.6. The molecule has 1 heterocycles. The number of hydrogen-bond donors (Lipinski definition) is 0. The van der Waals surface area contributed by atoms with Gasteiger partial charge < -0.3 is 0 Å². The summed E-state index contributed by atoms with van der Waals surface area (Å²) in [6.45, 7) is 1.06. The summed E-state index contributed by atoms with van der Waals surface area (Å²) in [5.41, 5.74) is 1.49. The van der Waals surface area contributed by atoms with E-state index in [9.17, 15) is 14.5 Å². The van der Waals surface area contributed by atoms with E-state index in [1.165, 1.54) is 12.1 Å². The van der Waals surface area contributed by atoms with E-state index in [1.54, 1.807) is 12.4 Å². The molecule has 0 N–H and O–H groups in total. The Morgan fingerprint density at radius 1 is 1.23 bits per heavy atom. The first-order chi connectivity index (χ1) is 10.6. The predicted octanol–water partition coefficient (Wildman–Crippen LogP) is 3.29. The first-order valence-corrected chi connectivity index (χ1v) is 7.19. The summed E-state index contributed by atoms with van der Waals surface area (Å²) in [6, 6.07) is 7.90. The largest absolute Gasteiger partial charge is 0.292 e. The molecule has 3 rings (SSSR count). The molecule has 1 aromatic heterocycles. The van der Waals surface area contributed by atoms with Gasteiger partial charge in [0.15, 0.2) is 0 Å². The van der Waals surface area contributed by atoms with E-state index in [0.29, 0.717) is 24.7 Å². The molecular formula is C16H16FN3O2. The van der Waals surface area contributed by atoms with Crippen LogP contribution in [0.5, 0.6) is 0 Å². The first-order valence-electron chi connectivity index (χ1n) is 7.19. The molecule has 1 aromatic carbocycles. The highest BCUT2D eigenvalue weighted by atomic mass is 19.1. The lowest BCUT2D eigenvalue weighted by atomic mass is 10.1. The Hall–Kier alpha value is -2.34. The van der Waals surface area contributed by atoms with Crippen LogP contribution in [0.4, 0.5) is 10.1 Å². The molecule has 1 fully saturated rings. The number of aromatic nitrogens is 1. The lowest BCUT2D eigenvalue weighted by Gasteiger charge is -2.22. The van der Waals surface area contributed by atoms with Crippen LogP contribution in [0.2, 0.25) is 0 Å². The number of pyridine rings is 1. The fourth-order valence-corrected chi connectivity index (χ4v) is 2.55. The Bertz CT molecular complexity index is 674. The van der Waals surface area contributed by atoms with Gasteiger partial charge in [-0.25, -0.2) is 4.39 Å². The predicted molar refractivity (Wildman–Crippen MR) is 79.6 cm³/mol. The normalized spacial score (nSPS) is 14.3. The Labute approximate surface area is 127 Å². The highest BCUT2D eigenvalue weighted by Gasteiger charge is 2.30. The molecule has 0 unspecified atom stereocenters. The number of halogens is 1. The zero-order valence-electron chi connectivity index (χ0n) is 12.0. The zero-order valence-corrected chi connectivity index (χ0v) is 12.0. The van der Waals surface area contributed by atoms with Gasteiger partial charge in [0.1, 0.15) is 5.82 Å². The Kier molecular flexibility index (Phi) is 4.11. The van der Waals surface area contributed by atoms with Crippen LogP contribution < -0.4 is 0 Å². The minimum atomic E-state index is -0.452. The molecule has 0 amide bonds. The molecule has 2 aromatic rings. The van der Waals surface area contributed by atoms with Crippen molar-refractivity contribution in [3.63, 3.8) is 0 Å². The van der Waals surface area contributed by atoms with E-state index >= 15 is 0 Å². The Morgan fingerprint density at radius 3 is 2.59 bits per heavy atom. The molecular weight excluding hydrogens is 285 g/mol. The summed E-state index contributed by atoms with van der Waals surface area (Å²) in [5, 5.41) is 11.1. The van der Waals surface area contributed by atoms with E-state index in [1.807, 2.05) is 12.1 Å². The minimum Gasteiger partial charge on any atom is -0.292 e. The third kappa shape index (κ3) is 3.46. The van der Waals surface area contributed by atoms with Crippen LogP contribution in [-0.4, -0.2) is 20.8 Å². The van der Waals surface area contributed by atoms with Crippen molar-refractivity contribution in [2.75, 3.05) is 0 Å². The molecule has 0 atom stereocenters. The van der Waals surface area contributed by atoms with Gasteiger partial charge in [-0.3, -0.25) is 20.0 Å². The number of benzene rings is 1. The van der Waals surface area contributed by atoms with E-state index in [-0.39, 0.29) is 5.69 Å². The number of hydrogen-bond acceptors (Lipinski definition) is 4. The number of nitrogens with zero attached hydrogens (tertiary/aromatic N) is 3. The van der Waals surface area contributed by atoms with Crippen LogP contribution in [0.15, 0.2) is 42.7 Å². The smallest absolute Gasteiger partial charge is 0.274 e. The second-order valence-electron chi connectivity index (χ2n) is 5.52. The van der Waals surface area contributed by atoms with Crippen molar-refractivity contribution in [2.45, 2.75) is 32.0 Å². The van der Waals surface area contributed by atoms with Crippen molar-refractivity contribution < 1.29 is 9.31 Å². The number of nitro benzene ring substituents is 1. The van der Waals surface area contributed by atoms with Gasteiger partial charge in [0.25, 0.3) is 5.69 Å². The molecule has 0 bridgehead atoms. The van der Waals surface area contributed by atoms with Gasteiger partial charge in [-0.1, -0.05) is 0 Å². The molecule has 22 heavy (non-hydrogen) atoms. The summed E-state index contributed by atoms with van der Waals surface area (Å²) >= 11 is 0. The molecule has 0 radical (unpaired) electrons. The molecule has 5 nitrogen and oxygen atoms in total. The minimum absolute atomic E-state index is 0.0261. The summed E-state index contributed by atoms with van der Waals surface area (Å²) in [5.74, 6) is -0.444. The fraction of sp³-hybridized carbons (Fsp3) is 0.312. The third-order valence-electron chi connectivity index (χ3n) is 3.81. The maximum Gasteiger partial charge on any atom is 0.274 e. The van der Waals surface area contributed by atoms with Crippen molar-refractivity contribution in [2.24, 2.45) is 0 Å². The van der Waals surface area contributed by atoms with Gasteiger partial charge in [-0.2, -0.15) is 0 Å². The molecule has 0 spiro atoms. The van der Waals surface area contributed by atoms with Crippen LogP contribution in [0, 0.1) is 15.9 Å². The van der Waals surface area contributed by atoms with E-state index in [4.69, 9.17) is 0 Å². The lowest BCUT2D eigenvalue weighted by molar-refractivity contribution is -0.385. The monoisotopic (exact) mass is 301 g/mol. The topological polar surface area (TPSA) is 59.3 Å². The second-order valence-corrected chi connectivity index (χ2v) is 5.52. The summed E-state index contributed by atoms with van der Waals surface area (Å²) in [4.78, 5) is 16.8. The maximum absolute atomic E-state index is 13.5. The van der Waals surface area contributed by atoms with Gasteiger partial charge in [-0.05, 0) is 42.7 Å². The van der Waals surface area contributed by atoms with Gasteiger partial charge in [-0.15, -0.1) is 0 Å². The van der Waals surface area contributed by atoms with Gasteiger partial charge in [0.2, 0.25) is 0 Å². The highest BCUT2D eigenvalue weighted by molar-refractivity contribution is 5.40. The zero-order chi connectivity index (χ0) is 15.5. The Morgan fingerprint density at radius 2 is 1.95 bits per heavy atom. The molecule has 0 aliphatic heterocycles. The van der Waals surface area contributed by atoms with E-state index in [2.05, 4.69) is 9.88 Å². The molecule has 6 heteroatoms. The molecule has 1 aliphatic rings.